The van der Waals surface area contributed by atoms with Gasteiger partial charge in [-0.15, -0.1) is 0 Å². The average Bonchev–Trinajstić information content (AvgIpc) is 3.43. The number of aromatic amines is 1. The first kappa shape index (κ1) is 36.9. The first-order valence-electron chi connectivity index (χ1n) is 14.2. The number of carbonyl (C=O) groups is 3. The minimum absolute atomic E-state index is 0.0578. The van der Waals surface area contributed by atoms with Crippen LogP contribution in [0.4, 0.5) is 24.7 Å². The van der Waals surface area contributed by atoms with Crippen LogP contribution >= 0.6 is 12.2 Å². The fourth-order valence-electron chi connectivity index (χ4n) is 4.06. The molecule has 0 saturated carbocycles. The first-order valence-corrected chi connectivity index (χ1v) is 14.6. The molecule has 0 spiro atoms. The van der Waals surface area contributed by atoms with Gasteiger partial charge in [0.2, 0.25) is 5.91 Å². The standard InChI is InChI=1S/C28H32N8O4S.C2HF3O2/c1-15(2)32-25-27(39)36(22(13-31-25)19-9-20(11-21(29)10-19)26(38)33-16(3)4)14-23(37)30-12-17-5-7-18(8-6-17)24-34-28(41)40-35-24;3-2(4,5)1(6)7/h5-11,13,15-16H,12,14,29H2,1-4H3,(H,30,37)(H,31,32)(H,33,38)(H,34,35,41);(H,6,7). The maximum atomic E-state index is 13.5. The highest BCUT2D eigenvalue weighted by molar-refractivity contribution is 7.71. The number of carboxylic acids is 1. The summed E-state index contributed by atoms with van der Waals surface area (Å²) in [5.41, 5.74) is 8.75. The molecule has 4 aromatic rings. The van der Waals surface area contributed by atoms with Crippen LogP contribution in [-0.4, -0.2) is 60.8 Å². The van der Waals surface area contributed by atoms with E-state index in [1.165, 1.54) is 10.8 Å². The number of aromatic nitrogens is 4. The fraction of sp³-hybridized carbons (Fsp3) is 0.300. The van der Waals surface area contributed by atoms with E-state index < -0.39 is 17.7 Å². The van der Waals surface area contributed by atoms with Gasteiger partial charge in [-0.3, -0.25) is 19.0 Å². The largest absolute Gasteiger partial charge is 0.490 e. The van der Waals surface area contributed by atoms with Crippen molar-refractivity contribution in [1.29, 1.82) is 0 Å². The maximum absolute atomic E-state index is 13.5. The van der Waals surface area contributed by atoms with Gasteiger partial charge in [0.25, 0.3) is 11.5 Å². The summed E-state index contributed by atoms with van der Waals surface area (Å²) in [6.07, 6.45) is -3.59. The fourth-order valence-corrected chi connectivity index (χ4v) is 4.19. The van der Waals surface area contributed by atoms with Gasteiger partial charge >= 0.3 is 17.0 Å². The van der Waals surface area contributed by atoms with Crippen LogP contribution in [0.5, 0.6) is 0 Å². The number of aliphatic carboxylic acids is 1. The highest BCUT2D eigenvalue weighted by atomic mass is 32.1. The lowest BCUT2D eigenvalue weighted by Crippen LogP contribution is -2.35. The van der Waals surface area contributed by atoms with Gasteiger partial charge in [-0.1, -0.05) is 24.3 Å². The molecule has 0 bridgehead atoms. The number of halogens is 3. The molecule has 0 fully saturated rings. The van der Waals surface area contributed by atoms with Crippen molar-refractivity contribution in [2.45, 2.75) is 59.0 Å². The summed E-state index contributed by atoms with van der Waals surface area (Å²) in [7, 11) is 0. The quantitative estimate of drug-likeness (QED) is 0.103. The van der Waals surface area contributed by atoms with E-state index in [0.29, 0.717) is 28.3 Å². The Morgan fingerprint density at radius 3 is 2.25 bits per heavy atom. The molecule has 4 rings (SSSR count). The number of carboxylic acid groups (broad SMARTS) is 1. The van der Waals surface area contributed by atoms with Crippen molar-refractivity contribution in [2.24, 2.45) is 0 Å². The number of H-pyrrole nitrogens is 1. The smallest absolute Gasteiger partial charge is 0.475 e. The molecule has 18 heteroatoms. The second kappa shape index (κ2) is 15.9. The van der Waals surface area contributed by atoms with Crippen molar-refractivity contribution >= 4 is 41.5 Å². The van der Waals surface area contributed by atoms with E-state index >= 15 is 0 Å². The maximum Gasteiger partial charge on any atom is 0.490 e. The molecule has 48 heavy (non-hydrogen) atoms. The minimum atomic E-state index is -5.08. The molecule has 256 valence electrons. The molecular weight excluding hydrogens is 657 g/mol. The van der Waals surface area contributed by atoms with Gasteiger partial charge in [-0.05, 0) is 63.7 Å². The van der Waals surface area contributed by atoms with E-state index in [1.54, 1.807) is 18.2 Å². The van der Waals surface area contributed by atoms with Gasteiger partial charge in [0.1, 0.15) is 6.54 Å². The number of nitrogens with zero attached hydrogens (tertiary/aromatic N) is 3. The predicted octanol–water partition coefficient (Wildman–Crippen LogP) is 4.11. The van der Waals surface area contributed by atoms with E-state index in [9.17, 15) is 27.6 Å². The van der Waals surface area contributed by atoms with E-state index in [-0.39, 0.29) is 47.6 Å². The van der Waals surface area contributed by atoms with Crippen LogP contribution in [-0.2, 0) is 22.7 Å². The van der Waals surface area contributed by atoms with Crippen molar-refractivity contribution < 1.29 is 37.2 Å². The van der Waals surface area contributed by atoms with E-state index in [4.69, 9.17) is 32.4 Å². The van der Waals surface area contributed by atoms with Gasteiger partial charge in [-0.2, -0.15) is 18.2 Å². The Bertz CT molecular complexity index is 1880. The lowest BCUT2D eigenvalue weighted by molar-refractivity contribution is -0.192. The third kappa shape index (κ3) is 10.5. The number of benzene rings is 2. The predicted molar refractivity (Wildman–Crippen MR) is 172 cm³/mol. The lowest BCUT2D eigenvalue weighted by atomic mass is 10.1. The summed E-state index contributed by atoms with van der Waals surface area (Å²) in [6.45, 7) is 7.42. The normalized spacial score (nSPS) is 11.1. The number of rotatable bonds is 10. The molecule has 7 N–H and O–H groups in total. The molecular formula is C30H33F3N8O6S. The molecule has 0 unspecified atom stereocenters. The zero-order valence-electron chi connectivity index (χ0n) is 26.1. The summed E-state index contributed by atoms with van der Waals surface area (Å²) < 4.78 is 38.0. The highest BCUT2D eigenvalue weighted by Gasteiger charge is 2.38. The third-order valence-corrected chi connectivity index (χ3v) is 6.29. The monoisotopic (exact) mass is 690 g/mol. The summed E-state index contributed by atoms with van der Waals surface area (Å²) >= 11 is 4.89. The van der Waals surface area contributed by atoms with E-state index in [2.05, 4.69) is 31.1 Å². The number of alkyl halides is 3. The van der Waals surface area contributed by atoms with E-state index in [0.717, 1.165) is 11.1 Å². The zero-order valence-corrected chi connectivity index (χ0v) is 27.0. The van der Waals surface area contributed by atoms with Crippen LogP contribution in [0.3, 0.4) is 0 Å². The van der Waals surface area contributed by atoms with Crippen LogP contribution in [0, 0.1) is 4.84 Å². The average molecular weight is 691 g/mol. The second-order valence-corrected chi connectivity index (χ2v) is 11.2. The van der Waals surface area contributed by atoms with Crippen LogP contribution in [0.2, 0.25) is 0 Å². The summed E-state index contributed by atoms with van der Waals surface area (Å²) in [5, 5.41) is 18.5. The summed E-state index contributed by atoms with van der Waals surface area (Å²) in [4.78, 5) is 56.6. The Balaban J connectivity index is 0.000000804. The Hall–Kier alpha value is -5.52. The third-order valence-electron chi connectivity index (χ3n) is 6.11. The highest BCUT2D eigenvalue weighted by Crippen LogP contribution is 2.24. The number of hydrogen-bond donors (Lipinski definition) is 6. The number of amides is 2. The summed E-state index contributed by atoms with van der Waals surface area (Å²) in [5.74, 6) is -2.83. The number of nitrogens with one attached hydrogen (secondary N) is 4. The van der Waals surface area contributed by atoms with Crippen LogP contribution in [0.1, 0.15) is 43.6 Å². The zero-order chi connectivity index (χ0) is 35.8. The molecule has 2 amide bonds. The van der Waals surface area contributed by atoms with Gasteiger partial charge in [0.05, 0.1) is 11.9 Å². The van der Waals surface area contributed by atoms with Crippen molar-refractivity contribution in [3.05, 3.63) is 75.0 Å². The van der Waals surface area contributed by atoms with Gasteiger partial charge in [0, 0.05) is 41.0 Å². The van der Waals surface area contributed by atoms with Crippen molar-refractivity contribution in [1.82, 2.24) is 30.3 Å². The first-order chi connectivity index (χ1) is 22.4. The number of hydrogen-bond acceptors (Lipinski definition) is 10. The topological polar surface area (TPSA) is 210 Å². The molecule has 0 radical (unpaired) electrons. The molecule has 0 saturated heterocycles. The number of anilines is 2. The molecule has 0 atom stereocenters. The molecule has 0 aliphatic heterocycles. The molecule has 0 aliphatic rings. The summed E-state index contributed by atoms with van der Waals surface area (Å²) in [6, 6.07) is 12.0. The Kier molecular flexibility index (Phi) is 12.2. The molecule has 2 heterocycles. The minimum Gasteiger partial charge on any atom is -0.475 e. The second-order valence-electron chi connectivity index (χ2n) is 10.9. The number of nitrogen functional groups attached to an aromatic ring is 1. The molecule has 0 aliphatic carbocycles. The van der Waals surface area contributed by atoms with Crippen LogP contribution in [0.25, 0.3) is 22.6 Å². The molecule has 2 aromatic heterocycles. The lowest BCUT2D eigenvalue weighted by Gasteiger charge is -2.17. The van der Waals surface area contributed by atoms with Crippen molar-refractivity contribution in [2.75, 3.05) is 11.1 Å². The van der Waals surface area contributed by atoms with Gasteiger partial charge in [0.15, 0.2) is 11.6 Å². The van der Waals surface area contributed by atoms with Gasteiger partial charge < -0.3 is 31.3 Å². The van der Waals surface area contributed by atoms with Crippen LogP contribution in [0.15, 0.2) is 58.0 Å². The van der Waals surface area contributed by atoms with Gasteiger partial charge in [-0.25, -0.2) is 14.9 Å². The number of nitrogens with two attached hydrogens (primary N) is 1. The Labute approximate surface area is 276 Å². The Morgan fingerprint density at radius 1 is 1.06 bits per heavy atom. The number of carbonyl (C=O) groups excluding carboxylic acids is 2. The van der Waals surface area contributed by atoms with Crippen LogP contribution < -0.4 is 27.2 Å². The van der Waals surface area contributed by atoms with Crippen molar-refractivity contribution in [3.63, 3.8) is 0 Å². The van der Waals surface area contributed by atoms with Crippen molar-refractivity contribution in [3.8, 4) is 22.6 Å². The molecule has 14 nitrogen and oxygen atoms in total. The Morgan fingerprint density at radius 2 is 1.71 bits per heavy atom. The van der Waals surface area contributed by atoms with E-state index in [1.807, 2.05) is 52.0 Å². The SMILES string of the molecule is CC(C)NC(=O)c1cc(N)cc(-c2cnc(NC(C)C)c(=O)n2CC(=O)NCc2ccc(-c3nc(=S)o[nH]3)cc2)c1.O=C(O)C(F)(F)F. The molecule has 2 aromatic carbocycles.